The van der Waals surface area contributed by atoms with E-state index in [0.29, 0.717) is 11.9 Å². The fourth-order valence-corrected chi connectivity index (χ4v) is 3.45. The van der Waals surface area contributed by atoms with Crippen LogP contribution in [0.15, 0.2) is 10.7 Å². The Hall–Kier alpha value is -0.550. The van der Waals surface area contributed by atoms with Crippen LogP contribution in [0.3, 0.4) is 0 Å². The zero-order valence-corrected chi connectivity index (χ0v) is 11.4. The largest absolute Gasteiger partial charge is 0.381 e. The molecule has 1 saturated carbocycles. The van der Waals surface area contributed by atoms with Crippen molar-refractivity contribution in [2.75, 3.05) is 12.3 Å². The van der Waals surface area contributed by atoms with Gasteiger partial charge in [-0.15, -0.1) is 0 Å². The number of nitrogens with zero attached hydrogens (tertiary/aromatic N) is 2. The Kier molecular flexibility index (Phi) is 2.91. The molecule has 1 aliphatic carbocycles. The van der Waals surface area contributed by atoms with Crippen molar-refractivity contribution in [3.05, 3.63) is 10.7 Å². The van der Waals surface area contributed by atoms with Crippen molar-refractivity contribution >= 4 is 21.7 Å². The molecule has 17 heavy (non-hydrogen) atoms. The predicted molar refractivity (Wildman–Crippen MR) is 69.8 cm³/mol. The number of rotatable bonds is 1. The van der Waals surface area contributed by atoms with Crippen LogP contribution in [-0.4, -0.2) is 22.0 Å². The molecule has 4 nitrogen and oxygen atoms in total. The van der Waals surface area contributed by atoms with Crippen molar-refractivity contribution in [3.8, 4) is 0 Å². The summed E-state index contributed by atoms with van der Waals surface area (Å²) in [5.74, 6) is 0.581. The van der Waals surface area contributed by atoms with E-state index in [-0.39, 0.29) is 5.60 Å². The summed E-state index contributed by atoms with van der Waals surface area (Å²) in [5.41, 5.74) is 5.92. The first-order valence-corrected chi connectivity index (χ1v) is 7.12. The lowest BCUT2D eigenvalue weighted by molar-refractivity contribution is -0.0909. The highest BCUT2D eigenvalue weighted by Crippen LogP contribution is 2.43. The molecule has 3 rings (SSSR count). The van der Waals surface area contributed by atoms with Crippen LogP contribution in [0, 0.1) is 0 Å². The first kappa shape index (κ1) is 11.5. The number of anilines is 1. The molecule has 1 atom stereocenters. The van der Waals surface area contributed by atoms with Gasteiger partial charge in [0, 0.05) is 12.8 Å². The molecule has 1 unspecified atom stereocenters. The van der Waals surface area contributed by atoms with Crippen LogP contribution >= 0.6 is 15.9 Å². The summed E-state index contributed by atoms with van der Waals surface area (Å²) in [7, 11) is 0. The number of hydrogen-bond donors (Lipinski definition) is 1. The van der Waals surface area contributed by atoms with Crippen LogP contribution in [0.25, 0.3) is 0 Å². The molecule has 1 aliphatic heterocycles. The van der Waals surface area contributed by atoms with Gasteiger partial charge in [-0.2, -0.15) is 5.10 Å². The Balaban J connectivity index is 1.79. The van der Waals surface area contributed by atoms with Crippen molar-refractivity contribution in [2.24, 2.45) is 0 Å². The van der Waals surface area contributed by atoms with E-state index in [1.807, 2.05) is 10.9 Å². The Morgan fingerprint density at radius 1 is 1.47 bits per heavy atom. The highest BCUT2D eigenvalue weighted by atomic mass is 79.9. The molecule has 2 heterocycles. The van der Waals surface area contributed by atoms with Gasteiger partial charge in [0.2, 0.25) is 0 Å². The van der Waals surface area contributed by atoms with Gasteiger partial charge in [0.25, 0.3) is 0 Å². The van der Waals surface area contributed by atoms with Gasteiger partial charge in [-0.05, 0) is 41.6 Å². The Morgan fingerprint density at radius 2 is 2.24 bits per heavy atom. The minimum Gasteiger partial charge on any atom is -0.381 e. The number of halogens is 1. The molecule has 1 saturated heterocycles. The monoisotopic (exact) mass is 299 g/mol. The number of hydrogen-bond acceptors (Lipinski definition) is 3. The predicted octanol–water partition coefficient (Wildman–Crippen LogP) is 2.89. The maximum Gasteiger partial charge on any atom is 0.159 e. The van der Waals surface area contributed by atoms with Crippen LogP contribution < -0.4 is 5.73 Å². The van der Waals surface area contributed by atoms with Gasteiger partial charge in [-0.25, -0.2) is 0 Å². The second kappa shape index (κ2) is 4.28. The maximum atomic E-state index is 6.03. The van der Waals surface area contributed by atoms with Crippen molar-refractivity contribution in [1.29, 1.82) is 0 Å². The van der Waals surface area contributed by atoms with E-state index in [9.17, 15) is 0 Å². The SMILES string of the molecule is Nc1nn(C2CCOC3(CCCC3)C2)cc1Br. The Bertz CT molecular complexity index is 392. The smallest absolute Gasteiger partial charge is 0.159 e. The zero-order chi connectivity index (χ0) is 11.9. The van der Waals surface area contributed by atoms with Crippen molar-refractivity contribution < 1.29 is 4.74 Å². The molecule has 0 amide bonds. The first-order chi connectivity index (χ1) is 8.19. The lowest BCUT2D eigenvalue weighted by Gasteiger charge is -2.38. The van der Waals surface area contributed by atoms with E-state index < -0.39 is 0 Å². The molecule has 1 spiro atoms. The highest BCUT2D eigenvalue weighted by Gasteiger charge is 2.40. The summed E-state index contributed by atoms with van der Waals surface area (Å²) in [6.45, 7) is 0.849. The molecule has 1 aromatic rings. The van der Waals surface area contributed by atoms with Gasteiger partial charge in [0.1, 0.15) is 0 Å². The van der Waals surface area contributed by atoms with Gasteiger partial charge < -0.3 is 10.5 Å². The van der Waals surface area contributed by atoms with Gasteiger partial charge >= 0.3 is 0 Å². The minimum atomic E-state index is 0.135. The molecule has 0 bridgehead atoms. The van der Waals surface area contributed by atoms with Crippen LogP contribution in [0.1, 0.15) is 44.6 Å². The number of nitrogens with two attached hydrogens (primary N) is 1. The summed E-state index contributed by atoms with van der Waals surface area (Å²) in [5, 5.41) is 4.38. The fourth-order valence-electron chi connectivity index (χ4n) is 3.17. The third-order valence-electron chi connectivity index (χ3n) is 4.07. The van der Waals surface area contributed by atoms with Crippen LogP contribution in [-0.2, 0) is 4.74 Å². The average molecular weight is 300 g/mol. The topological polar surface area (TPSA) is 53.1 Å². The summed E-state index contributed by atoms with van der Waals surface area (Å²) >= 11 is 3.42. The normalized spacial score (nSPS) is 27.7. The number of nitrogen functional groups attached to an aromatic ring is 1. The first-order valence-electron chi connectivity index (χ1n) is 6.33. The highest BCUT2D eigenvalue weighted by molar-refractivity contribution is 9.10. The van der Waals surface area contributed by atoms with E-state index in [1.54, 1.807) is 0 Å². The molecule has 5 heteroatoms. The molecule has 0 aromatic carbocycles. The van der Waals surface area contributed by atoms with E-state index in [2.05, 4.69) is 21.0 Å². The molecular formula is C12H18BrN3O. The lowest BCUT2D eigenvalue weighted by atomic mass is 9.89. The summed E-state index contributed by atoms with van der Waals surface area (Å²) < 4.78 is 8.94. The van der Waals surface area contributed by atoms with E-state index in [0.717, 1.165) is 23.9 Å². The molecule has 0 radical (unpaired) electrons. The summed E-state index contributed by atoms with van der Waals surface area (Å²) in [6.07, 6.45) is 9.14. The summed E-state index contributed by atoms with van der Waals surface area (Å²) in [4.78, 5) is 0. The van der Waals surface area contributed by atoms with Gasteiger partial charge in [0.15, 0.2) is 5.82 Å². The second-order valence-corrected chi connectivity index (χ2v) is 6.08. The fraction of sp³-hybridized carbons (Fsp3) is 0.750. The maximum absolute atomic E-state index is 6.03. The standard InChI is InChI=1S/C12H18BrN3O/c13-10-8-16(15-11(10)14)9-3-6-17-12(7-9)4-1-2-5-12/h8-9H,1-7H2,(H2,14,15). The quantitative estimate of drug-likeness (QED) is 0.867. The van der Waals surface area contributed by atoms with Crippen LogP contribution in [0.5, 0.6) is 0 Å². The van der Waals surface area contributed by atoms with E-state index in [1.165, 1.54) is 25.7 Å². The second-order valence-electron chi connectivity index (χ2n) is 5.23. The zero-order valence-electron chi connectivity index (χ0n) is 9.86. The lowest BCUT2D eigenvalue weighted by Crippen LogP contribution is -2.38. The van der Waals surface area contributed by atoms with Gasteiger partial charge in [0.05, 0.1) is 16.1 Å². The molecular weight excluding hydrogens is 282 g/mol. The third kappa shape index (κ3) is 2.10. The molecule has 94 valence electrons. The Morgan fingerprint density at radius 3 is 2.88 bits per heavy atom. The van der Waals surface area contributed by atoms with Gasteiger partial charge in [-0.1, -0.05) is 12.8 Å². The molecule has 2 N–H and O–H groups in total. The molecule has 1 aromatic heterocycles. The van der Waals surface area contributed by atoms with Gasteiger partial charge in [-0.3, -0.25) is 4.68 Å². The molecule has 2 fully saturated rings. The van der Waals surface area contributed by atoms with Crippen LogP contribution in [0.2, 0.25) is 0 Å². The van der Waals surface area contributed by atoms with E-state index >= 15 is 0 Å². The number of ether oxygens (including phenoxy) is 1. The van der Waals surface area contributed by atoms with Crippen molar-refractivity contribution in [3.63, 3.8) is 0 Å². The third-order valence-corrected chi connectivity index (χ3v) is 4.68. The Labute approximate surface area is 110 Å². The minimum absolute atomic E-state index is 0.135. The van der Waals surface area contributed by atoms with Crippen molar-refractivity contribution in [2.45, 2.75) is 50.2 Å². The summed E-state index contributed by atoms with van der Waals surface area (Å²) in [6, 6.07) is 0.440. The average Bonchev–Trinajstić information content (AvgIpc) is 2.88. The van der Waals surface area contributed by atoms with Crippen LogP contribution in [0.4, 0.5) is 5.82 Å². The number of aromatic nitrogens is 2. The molecule has 2 aliphatic rings. The van der Waals surface area contributed by atoms with Crippen molar-refractivity contribution in [1.82, 2.24) is 9.78 Å². The van der Waals surface area contributed by atoms with E-state index in [4.69, 9.17) is 10.5 Å².